The number of benzene rings is 3. The first-order valence-corrected chi connectivity index (χ1v) is 13.8. The van der Waals surface area contributed by atoms with Crippen LogP contribution in [0, 0.1) is 0 Å². The molecule has 0 atom stereocenters. The van der Waals surface area contributed by atoms with Crippen LogP contribution < -0.4 is 10.1 Å². The van der Waals surface area contributed by atoms with Crippen molar-refractivity contribution in [2.75, 3.05) is 5.32 Å². The van der Waals surface area contributed by atoms with Crippen LogP contribution in [0.15, 0.2) is 76.6 Å². The van der Waals surface area contributed by atoms with Gasteiger partial charge in [-0.25, -0.2) is 9.78 Å². The maximum Gasteiger partial charge on any atom is 0.412 e. The zero-order valence-corrected chi connectivity index (χ0v) is 24.1. The van der Waals surface area contributed by atoms with Crippen LogP contribution in [-0.2, 0) is 11.2 Å². The molecule has 0 aliphatic rings. The Kier molecular flexibility index (Phi) is 8.07. The molecule has 0 spiro atoms. The van der Waals surface area contributed by atoms with Gasteiger partial charge < -0.3 is 14.0 Å². The van der Waals surface area contributed by atoms with Crippen molar-refractivity contribution in [1.82, 2.24) is 15.1 Å². The summed E-state index contributed by atoms with van der Waals surface area (Å²) in [5, 5.41) is 10.6. The molecule has 0 aliphatic carbocycles. The minimum Gasteiger partial charge on any atom is -0.457 e. The SMILES string of the molecule is CC(C)(C)OC(=O)Nc1ccc(Cc2nc(-c3nc(-c4ccc(Oc5cc(Cl)cc(Cl)c5)cc4)no3)cs2)cc1. The van der Waals surface area contributed by atoms with E-state index in [1.54, 1.807) is 30.3 Å². The molecule has 0 bridgehead atoms. The molecule has 0 saturated heterocycles. The van der Waals surface area contributed by atoms with Crippen LogP contribution in [0.25, 0.3) is 23.0 Å². The van der Waals surface area contributed by atoms with Crippen molar-refractivity contribution < 1.29 is 18.8 Å². The third-order valence-electron chi connectivity index (χ3n) is 5.34. The number of ether oxygens (including phenoxy) is 2. The number of hydrogen-bond acceptors (Lipinski definition) is 8. The molecule has 0 aliphatic heterocycles. The van der Waals surface area contributed by atoms with Crippen LogP contribution in [0.2, 0.25) is 10.0 Å². The Balaban J connectivity index is 1.20. The number of anilines is 1. The number of halogens is 2. The maximum absolute atomic E-state index is 12.0. The number of nitrogens with one attached hydrogen (secondary N) is 1. The maximum atomic E-state index is 12.0. The van der Waals surface area contributed by atoms with Gasteiger partial charge in [-0.05, 0) is 80.9 Å². The average molecular weight is 596 g/mol. The lowest BCUT2D eigenvalue weighted by molar-refractivity contribution is 0.0636. The standard InChI is InChI=1S/C29H24Cl2N4O4S/c1-29(2,3)38-28(36)32-21-8-4-17(5-9-21)12-25-33-24(16-40-25)27-34-26(35-39-27)18-6-10-22(11-7-18)37-23-14-19(30)13-20(31)15-23/h4-11,13-16H,12H2,1-3H3,(H,32,36). The first-order chi connectivity index (χ1) is 19.1. The number of nitrogens with zero attached hydrogens (tertiary/aromatic N) is 3. The zero-order chi connectivity index (χ0) is 28.3. The second kappa shape index (κ2) is 11.7. The van der Waals surface area contributed by atoms with Gasteiger partial charge in [0.25, 0.3) is 5.89 Å². The number of hydrogen-bond donors (Lipinski definition) is 1. The minimum absolute atomic E-state index is 0.336. The number of carbonyl (C=O) groups excluding carboxylic acids is 1. The van der Waals surface area contributed by atoms with Gasteiger partial charge in [0.1, 0.15) is 22.8 Å². The van der Waals surface area contributed by atoms with Crippen molar-refractivity contribution in [3.8, 4) is 34.5 Å². The van der Waals surface area contributed by atoms with Crippen LogP contribution >= 0.6 is 34.5 Å². The van der Waals surface area contributed by atoms with Gasteiger partial charge in [0.15, 0.2) is 0 Å². The molecule has 0 saturated carbocycles. The summed E-state index contributed by atoms with van der Waals surface area (Å²) in [6.07, 6.45) is 0.133. The lowest BCUT2D eigenvalue weighted by atomic mass is 10.1. The van der Waals surface area contributed by atoms with E-state index in [4.69, 9.17) is 37.2 Å². The van der Waals surface area contributed by atoms with Crippen LogP contribution in [0.3, 0.4) is 0 Å². The molecule has 1 N–H and O–H groups in total. The van der Waals surface area contributed by atoms with Gasteiger partial charge in [0, 0.05) is 33.1 Å². The highest BCUT2D eigenvalue weighted by Gasteiger charge is 2.17. The molecule has 2 aromatic heterocycles. The summed E-state index contributed by atoms with van der Waals surface area (Å²) >= 11 is 13.6. The van der Waals surface area contributed by atoms with E-state index >= 15 is 0 Å². The largest absolute Gasteiger partial charge is 0.457 e. The Hall–Kier alpha value is -3.92. The van der Waals surface area contributed by atoms with E-state index in [0.717, 1.165) is 16.1 Å². The lowest BCUT2D eigenvalue weighted by Crippen LogP contribution is -2.27. The van der Waals surface area contributed by atoms with Crippen LogP contribution in [-0.4, -0.2) is 26.8 Å². The Bertz CT molecular complexity index is 1610. The van der Waals surface area contributed by atoms with Crippen molar-refractivity contribution >= 4 is 46.3 Å². The highest BCUT2D eigenvalue weighted by Crippen LogP contribution is 2.30. The number of carbonyl (C=O) groups is 1. The fourth-order valence-electron chi connectivity index (χ4n) is 3.63. The van der Waals surface area contributed by atoms with Crippen molar-refractivity contribution in [2.45, 2.75) is 32.8 Å². The molecule has 5 aromatic rings. The molecule has 40 heavy (non-hydrogen) atoms. The first kappa shape index (κ1) is 27.6. The molecular formula is C29H24Cl2N4O4S. The Morgan fingerprint density at radius 1 is 0.950 bits per heavy atom. The Morgan fingerprint density at radius 2 is 1.65 bits per heavy atom. The van der Waals surface area contributed by atoms with Crippen molar-refractivity contribution in [2.24, 2.45) is 0 Å². The fourth-order valence-corrected chi connectivity index (χ4v) is 4.94. The molecule has 2 heterocycles. The summed E-state index contributed by atoms with van der Waals surface area (Å²) in [5.41, 5.74) is 2.52. The summed E-state index contributed by atoms with van der Waals surface area (Å²) in [7, 11) is 0. The highest BCUT2D eigenvalue weighted by atomic mass is 35.5. The monoisotopic (exact) mass is 594 g/mol. The normalized spacial score (nSPS) is 11.3. The molecule has 0 fully saturated rings. The van der Waals surface area contributed by atoms with E-state index in [-0.39, 0.29) is 0 Å². The zero-order valence-electron chi connectivity index (χ0n) is 21.8. The quantitative estimate of drug-likeness (QED) is 0.201. The summed E-state index contributed by atoms with van der Waals surface area (Å²) < 4.78 is 16.6. The molecule has 11 heteroatoms. The second-order valence-corrected chi connectivity index (χ2v) is 11.6. The van der Waals surface area contributed by atoms with Gasteiger partial charge in [0.2, 0.25) is 5.82 Å². The predicted octanol–water partition coefficient (Wildman–Crippen LogP) is 8.90. The number of amides is 1. The van der Waals surface area contributed by atoms with E-state index in [1.807, 2.05) is 62.5 Å². The number of thiazole rings is 1. The molecule has 5 rings (SSSR count). The minimum atomic E-state index is -0.556. The van der Waals surface area contributed by atoms with E-state index in [2.05, 4.69) is 20.4 Å². The molecule has 3 aromatic carbocycles. The van der Waals surface area contributed by atoms with E-state index in [0.29, 0.717) is 51.1 Å². The Labute approximate surface area is 244 Å². The van der Waals surface area contributed by atoms with E-state index < -0.39 is 11.7 Å². The van der Waals surface area contributed by atoms with Gasteiger partial charge >= 0.3 is 6.09 Å². The molecule has 0 unspecified atom stereocenters. The van der Waals surface area contributed by atoms with Crippen molar-refractivity contribution in [1.29, 1.82) is 0 Å². The fraction of sp³-hybridized carbons (Fsp3) is 0.172. The number of aromatic nitrogens is 3. The smallest absolute Gasteiger partial charge is 0.412 e. The third kappa shape index (κ3) is 7.38. The van der Waals surface area contributed by atoms with Gasteiger partial charge in [0.05, 0.1) is 5.01 Å². The van der Waals surface area contributed by atoms with Crippen LogP contribution in [0.5, 0.6) is 11.5 Å². The summed E-state index contributed by atoms with van der Waals surface area (Å²) in [4.78, 5) is 21.1. The Morgan fingerprint density at radius 3 is 2.33 bits per heavy atom. The van der Waals surface area contributed by atoms with Crippen molar-refractivity contribution in [3.63, 3.8) is 0 Å². The van der Waals surface area contributed by atoms with E-state index in [9.17, 15) is 4.79 Å². The predicted molar refractivity (Wildman–Crippen MR) is 156 cm³/mol. The molecule has 8 nitrogen and oxygen atoms in total. The lowest BCUT2D eigenvalue weighted by Gasteiger charge is -2.19. The third-order valence-corrected chi connectivity index (χ3v) is 6.62. The first-order valence-electron chi connectivity index (χ1n) is 12.2. The van der Waals surface area contributed by atoms with Crippen LogP contribution in [0.4, 0.5) is 10.5 Å². The molecule has 204 valence electrons. The topological polar surface area (TPSA) is 99.4 Å². The van der Waals surface area contributed by atoms with Gasteiger partial charge in [-0.3, -0.25) is 5.32 Å². The van der Waals surface area contributed by atoms with Gasteiger partial charge in [-0.2, -0.15) is 4.98 Å². The molecular weight excluding hydrogens is 571 g/mol. The van der Waals surface area contributed by atoms with Crippen molar-refractivity contribution in [3.05, 3.63) is 92.7 Å². The van der Waals surface area contributed by atoms with E-state index in [1.165, 1.54) is 11.3 Å². The molecule has 0 radical (unpaired) electrons. The second-order valence-electron chi connectivity index (χ2n) is 9.78. The summed E-state index contributed by atoms with van der Waals surface area (Å²) in [5.74, 6) is 1.93. The molecule has 1 amide bonds. The summed E-state index contributed by atoms with van der Waals surface area (Å²) in [6.45, 7) is 5.46. The van der Waals surface area contributed by atoms with Gasteiger partial charge in [-0.15, -0.1) is 11.3 Å². The highest BCUT2D eigenvalue weighted by molar-refractivity contribution is 7.10. The number of rotatable bonds is 7. The summed E-state index contributed by atoms with van der Waals surface area (Å²) in [6, 6.07) is 19.8. The van der Waals surface area contributed by atoms with Crippen LogP contribution in [0.1, 0.15) is 31.3 Å². The average Bonchev–Trinajstić information content (AvgIpc) is 3.54. The van der Waals surface area contributed by atoms with Gasteiger partial charge in [-0.1, -0.05) is 40.5 Å².